The highest BCUT2D eigenvalue weighted by molar-refractivity contribution is 7.47. The largest absolute Gasteiger partial charge is 0.480 e. The van der Waals surface area contributed by atoms with E-state index in [4.69, 9.17) is 24.8 Å². The van der Waals surface area contributed by atoms with Crippen molar-refractivity contribution in [3.05, 3.63) is 36.5 Å². The SMILES string of the molecule is CCCCCCCCC=CCC=CCC=CCCCC(=O)OC(COC(=O)CCCCCCCCCCCCCCCCC)COP(=O)(O)OCC(N)C(=O)O. The number of phosphoric ester groups is 1. The number of carbonyl (C=O) groups is 3. The smallest absolute Gasteiger partial charge is 0.472 e. The number of allylic oxidation sites excluding steroid dienone is 6. The van der Waals surface area contributed by atoms with Gasteiger partial charge in [0.1, 0.15) is 12.6 Å². The maximum absolute atomic E-state index is 12.6. The summed E-state index contributed by atoms with van der Waals surface area (Å²) in [6.07, 6.45) is 42.2. The predicted octanol–water partition coefficient (Wildman–Crippen LogP) is 11.6. The van der Waals surface area contributed by atoms with Gasteiger partial charge in [0, 0.05) is 12.8 Å². The fourth-order valence-corrected chi connectivity index (χ4v) is 6.68. The number of esters is 2. The Labute approximate surface area is 340 Å². The second-order valence-corrected chi connectivity index (χ2v) is 16.3. The zero-order chi connectivity index (χ0) is 41.4. The molecule has 0 radical (unpaired) electrons. The first-order chi connectivity index (χ1) is 27.1. The fourth-order valence-electron chi connectivity index (χ4n) is 5.90. The maximum atomic E-state index is 12.6. The molecule has 3 unspecified atom stereocenters. The minimum atomic E-state index is -4.73. The highest BCUT2D eigenvalue weighted by atomic mass is 31.2. The lowest BCUT2D eigenvalue weighted by Gasteiger charge is -2.20. The van der Waals surface area contributed by atoms with Crippen molar-refractivity contribution in [1.82, 2.24) is 0 Å². The van der Waals surface area contributed by atoms with Gasteiger partial charge in [-0.2, -0.15) is 0 Å². The molecule has 0 fully saturated rings. The van der Waals surface area contributed by atoms with Crippen LogP contribution in [0.4, 0.5) is 0 Å². The third-order valence-electron chi connectivity index (χ3n) is 9.39. The summed E-state index contributed by atoms with van der Waals surface area (Å²) in [5, 5.41) is 8.88. The molecule has 0 aliphatic heterocycles. The molecular formula is C44H80NO10P. The van der Waals surface area contributed by atoms with Crippen molar-refractivity contribution in [2.24, 2.45) is 5.73 Å². The highest BCUT2D eigenvalue weighted by Gasteiger charge is 2.28. The van der Waals surface area contributed by atoms with Gasteiger partial charge in [-0.25, -0.2) is 4.57 Å². The zero-order valence-corrected chi connectivity index (χ0v) is 36.1. The quantitative estimate of drug-likeness (QED) is 0.0232. The predicted molar refractivity (Wildman–Crippen MR) is 226 cm³/mol. The fraction of sp³-hybridized carbons (Fsp3) is 0.795. The Bertz CT molecular complexity index is 1100. The van der Waals surface area contributed by atoms with Crippen molar-refractivity contribution < 1.29 is 47.5 Å². The van der Waals surface area contributed by atoms with Gasteiger partial charge in [0.25, 0.3) is 0 Å². The number of phosphoric acid groups is 1. The number of nitrogens with two attached hydrogens (primary N) is 1. The van der Waals surface area contributed by atoms with Crippen LogP contribution in [0.25, 0.3) is 0 Å². The van der Waals surface area contributed by atoms with Crippen LogP contribution in [0.1, 0.15) is 194 Å². The molecule has 3 atom stereocenters. The molecule has 0 saturated heterocycles. The number of unbranched alkanes of at least 4 members (excludes halogenated alkanes) is 21. The minimum Gasteiger partial charge on any atom is -0.480 e. The van der Waals surface area contributed by atoms with E-state index in [9.17, 15) is 23.8 Å². The first kappa shape index (κ1) is 53.7. The lowest BCUT2D eigenvalue weighted by molar-refractivity contribution is -0.161. The summed E-state index contributed by atoms with van der Waals surface area (Å²) in [6, 6.07) is -1.53. The average Bonchev–Trinajstić information content (AvgIpc) is 3.17. The zero-order valence-electron chi connectivity index (χ0n) is 35.2. The molecule has 0 saturated carbocycles. The van der Waals surface area contributed by atoms with Crippen LogP contribution in [0.2, 0.25) is 0 Å². The van der Waals surface area contributed by atoms with Crippen LogP contribution in [0.5, 0.6) is 0 Å². The molecule has 4 N–H and O–H groups in total. The lowest BCUT2D eigenvalue weighted by atomic mass is 10.0. The van der Waals surface area contributed by atoms with E-state index in [1.54, 1.807) is 0 Å². The third kappa shape index (κ3) is 38.6. The van der Waals surface area contributed by atoms with E-state index in [0.717, 1.165) is 38.5 Å². The molecule has 12 heteroatoms. The number of hydrogen-bond acceptors (Lipinski definition) is 9. The molecule has 0 aromatic carbocycles. The summed E-state index contributed by atoms with van der Waals surface area (Å²) in [6.45, 7) is 2.75. The van der Waals surface area contributed by atoms with Crippen LogP contribution in [-0.4, -0.2) is 59.9 Å². The van der Waals surface area contributed by atoms with Crippen LogP contribution in [0.3, 0.4) is 0 Å². The topological polar surface area (TPSA) is 172 Å². The molecule has 11 nitrogen and oxygen atoms in total. The Morgan fingerprint density at radius 1 is 0.554 bits per heavy atom. The molecule has 0 amide bonds. The summed E-state index contributed by atoms with van der Waals surface area (Å²) >= 11 is 0. The Morgan fingerprint density at radius 2 is 0.964 bits per heavy atom. The summed E-state index contributed by atoms with van der Waals surface area (Å²) < 4.78 is 32.6. The monoisotopic (exact) mass is 814 g/mol. The molecule has 0 aromatic heterocycles. The van der Waals surface area contributed by atoms with E-state index in [-0.39, 0.29) is 19.4 Å². The van der Waals surface area contributed by atoms with Gasteiger partial charge in [-0.05, 0) is 44.9 Å². The third-order valence-corrected chi connectivity index (χ3v) is 10.3. The van der Waals surface area contributed by atoms with Gasteiger partial charge in [0.2, 0.25) is 0 Å². The summed E-state index contributed by atoms with van der Waals surface area (Å²) in [5.74, 6) is -2.44. The van der Waals surface area contributed by atoms with E-state index < -0.39 is 51.1 Å². The van der Waals surface area contributed by atoms with Crippen molar-refractivity contribution in [3.63, 3.8) is 0 Å². The molecule has 0 aromatic rings. The minimum absolute atomic E-state index is 0.0912. The van der Waals surface area contributed by atoms with E-state index in [1.807, 2.05) is 12.2 Å². The summed E-state index contributed by atoms with van der Waals surface area (Å²) in [5.41, 5.74) is 5.33. The number of carbonyl (C=O) groups excluding carboxylic acids is 2. The van der Waals surface area contributed by atoms with Crippen molar-refractivity contribution >= 4 is 25.7 Å². The van der Waals surface area contributed by atoms with Crippen molar-refractivity contribution in [2.45, 2.75) is 206 Å². The molecule has 0 bridgehead atoms. The van der Waals surface area contributed by atoms with Crippen LogP contribution in [-0.2, 0) is 37.5 Å². The molecule has 0 rings (SSSR count). The molecule has 0 spiro atoms. The van der Waals surface area contributed by atoms with Gasteiger partial charge in [-0.15, -0.1) is 0 Å². The second kappa shape index (κ2) is 39.5. The molecule has 0 heterocycles. The normalized spacial score (nSPS) is 14.1. The average molecular weight is 814 g/mol. The molecule has 56 heavy (non-hydrogen) atoms. The van der Waals surface area contributed by atoms with Crippen LogP contribution in [0.15, 0.2) is 36.5 Å². The van der Waals surface area contributed by atoms with Crippen molar-refractivity contribution in [2.75, 3.05) is 19.8 Å². The summed E-state index contributed by atoms with van der Waals surface area (Å²) in [4.78, 5) is 45.9. The molecule has 0 aliphatic carbocycles. The Balaban J connectivity index is 4.43. The maximum Gasteiger partial charge on any atom is 0.472 e. The van der Waals surface area contributed by atoms with Crippen molar-refractivity contribution in [3.8, 4) is 0 Å². The number of carboxylic acid groups (broad SMARTS) is 1. The number of hydrogen-bond donors (Lipinski definition) is 3. The van der Waals surface area contributed by atoms with Gasteiger partial charge < -0.3 is 25.2 Å². The Morgan fingerprint density at radius 3 is 1.46 bits per heavy atom. The van der Waals surface area contributed by atoms with Crippen molar-refractivity contribution in [1.29, 1.82) is 0 Å². The van der Waals surface area contributed by atoms with Gasteiger partial charge >= 0.3 is 25.7 Å². The standard InChI is InChI=1S/C44H80NO10P/c1-3-5-7-9-11-13-15-17-19-20-22-24-26-28-30-32-34-36-43(47)55-40(38-53-56(50,51)54-39-41(45)44(48)49)37-52-42(46)35-33-31-29-27-25-23-21-18-16-14-12-10-8-6-4-2/h17,19,22,24,28,30,40-41H,3-16,18,20-21,23,25-27,29,31-39,45H2,1-2H3,(H,48,49)(H,50,51). The number of aliphatic carboxylic acids is 1. The highest BCUT2D eigenvalue weighted by Crippen LogP contribution is 2.43. The lowest BCUT2D eigenvalue weighted by Crippen LogP contribution is -2.34. The molecule has 0 aliphatic rings. The van der Waals surface area contributed by atoms with Gasteiger partial charge in [0.05, 0.1) is 13.2 Å². The molecular weight excluding hydrogens is 733 g/mol. The van der Waals surface area contributed by atoms with E-state index in [1.165, 1.54) is 109 Å². The first-order valence-corrected chi connectivity index (χ1v) is 23.5. The number of carboxylic acids is 1. The Kier molecular flexibility index (Phi) is 37.9. The van der Waals surface area contributed by atoms with Gasteiger partial charge in [-0.3, -0.25) is 23.4 Å². The van der Waals surface area contributed by atoms with E-state index in [0.29, 0.717) is 19.3 Å². The van der Waals surface area contributed by atoms with E-state index in [2.05, 4.69) is 42.7 Å². The van der Waals surface area contributed by atoms with Crippen LogP contribution in [0, 0.1) is 0 Å². The first-order valence-electron chi connectivity index (χ1n) is 22.0. The van der Waals surface area contributed by atoms with Gasteiger partial charge in [-0.1, -0.05) is 172 Å². The second-order valence-electron chi connectivity index (χ2n) is 14.8. The summed E-state index contributed by atoms with van der Waals surface area (Å²) in [7, 11) is -4.73. The van der Waals surface area contributed by atoms with Crippen LogP contribution < -0.4 is 5.73 Å². The number of ether oxygens (including phenoxy) is 2. The van der Waals surface area contributed by atoms with Crippen LogP contribution >= 0.6 is 7.82 Å². The van der Waals surface area contributed by atoms with E-state index >= 15 is 0 Å². The van der Waals surface area contributed by atoms with Gasteiger partial charge in [0.15, 0.2) is 6.10 Å². The number of rotatable bonds is 41. The molecule has 326 valence electrons. The Hall–Kier alpha value is -2.30.